The molecule has 1 N–H and O–H groups in total. The fraction of sp³-hybridized carbons (Fsp3) is 0.286. The van der Waals surface area contributed by atoms with Crippen molar-refractivity contribution < 1.29 is 0 Å². The molecule has 2 heterocycles. The minimum Gasteiger partial charge on any atom is -0.382 e. The third-order valence-corrected chi connectivity index (χ3v) is 3.93. The highest BCUT2D eigenvalue weighted by molar-refractivity contribution is 7.07. The number of para-hydroxylation sites is 1. The Balaban J connectivity index is 1.73. The number of aryl methyl sites for hydroxylation is 1. The number of rotatable bonds is 2. The number of hydrogen-bond donors (Lipinski definition) is 1. The van der Waals surface area contributed by atoms with Crippen molar-refractivity contribution in [1.29, 1.82) is 0 Å². The number of fused-ring (bicyclic) bond motifs is 1. The van der Waals surface area contributed by atoms with E-state index in [1.807, 2.05) is 0 Å². The molecule has 1 aliphatic rings. The SMILES string of the molecule is c1ccc2c(c1)CCC(Cc1ccsc1)N2. The Bertz CT molecular complexity index is 461. The first-order chi connectivity index (χ1) is 7.92. The fourth-order valence-corrected chi connectivity index (χ4v) is 3.03. The Morgan fingerprint density at radius 1 is 1.25 bits per heavy atom. The summed E-state index contributed by atoms with van der Waals surface area (Å²) >= 11 is 1.79. The van der Waals surface area contributed by atoms with Crippen LogP contribution in [0.1, 0.15) is 17.5 Å². The summed E-state index contributed by atoms with van der Waals surface area (Å²) in [5.74, 6) is 0. The van der Waals surface area contributed by atoms with E-state index in [-0.39, 0.29) is 0 Å². The maximum Gasteiger partial charge on any atom is 0.0374 e. The van der Waals surface area contributed by atoms with E-state index < -0.39 is 0 Å². The van der Waals surface area contributed by atoms with Crippen LogP contribution in [0, 0.1) is 0 Å². The second-order valence-electron chi connectivity index (χ2n) is 4.37. The summed E-state index contributed by atoms with van der Waals surface area (Å²) in [4.78, 5) is 0. The second kappa shape index (κ2) is 4.30. The van der Waals surface area contributed by atoms with Crippen molar-refractivity contribution in [2.45, 2.75) is 25.3 Å². The van der Waals surface area contributed by atoms with Crippen LogP contribution >= 0.6 is 11.3 Å². The van der Waals surface area contributed by atoms with Gasteiger partial charge in [-0.05, 0) is 53.3 Å². The first-order valence-electron chi connectivity index (χ1n) is 5.77. The van der Waals surface area contributed by atoms with Crippen molar-refractivity contribution >= 4 is 17.0 Å². The monoisotopic (exact) mass is 229 g/mol. The van der Waals surface area contributed by atoms with Gasteiger partial charge in [0.15, 0.2) is 0 Å². The lowest BCUT2D eigenvalue weighted by Gasteiger charge is -2.26. The first-order valence-corrected chi connectivity index (χ1v) is 6.71. The van der Waals surface area contributed by atoms with Crippen molar-refractivity contribution in [1.82, 2.24) is 0 Å². The van der Waals surface area contributed by atoms with Gasteiger partial charge in [0.25, 0.3) is 0 Å². The summed E-state index contributed by atoms with van der Waals surface area (Å²) in [5.41, 5.74) is 4.25. The molecule has 1 unspecified atom stereocenters. The molecule has 1 aromatic heterocycles. The summed E-state index contributed by atoms with van der Waals surface area (Å²) in [5, 5.41) is 8.05. The number of nitrogens with one attached hydrogen (secondary N) is 1. The highest BCUT2D eigenvalue weighted by atomic mass is 32.1. The largest absolute Gasteiger partial charge is 0.382 e. The molecule has 0 amide bonds. The van der Waals surface area contributed by atoms with Gasteiger partial charge in [0.1, 0.15) is 0 Å². The minimum absolute atomic E-state index is 0.601. The summed E-state index contributed by atoms with van der Waals surface area (Å²) < 4.78 is 0. The van der Waals surface area contributed by atoms with E-state index in [1.165, 1.54) is 29.7 Å². The lowest BCUT2D eigenvalue weighted by Crippen LogP contribution is -2.27. The fourth-order valence-electron chi connectivity index (χ4n) is 2.35. The second-order valence-corrected chi connectivity index (χ2v) is 5.15. The van der Waals surface area contributed by atoms with Gasteiger partial charge in [0, 0.05) is 11.7 Å². The molecule has 0 aliphatic carbocycles. The van der Waals surface area contributed by atoms with Crippen molar-refractivity contribution in [2.24, 2.45) is 0 Å². The summed E-state index contributed by atoms with van der Waals surface area (Å²) in [7, 11) is 0. The number of thiophene rings is 1. The van der Waals surface area contributed by atoms with Crippen LogP contribution in [0.15, 0.2) is 41.1 Å². The molecule has 0 radical (unpaired) electrons. The lowest BCUT2D eigenvalue weighted by molar-refractivity contribution is 0.629. The van der Waals surface area contributed by atoms with E-state index in [2.05, 4.69) is 46.4 Å². The van der Waals surface area contributed by atoms with Crippen molar-refractivity contribution in [3.63, 3.8) is 0 Å². The zero-order valence-electron chi connectivity index (χ0n) is 9.15. The predicted molar refractivity (Wildman–Crippen MR) is 70.2 cm³/mol. The molecule has 1 nitrogen and oxygen atoms in total. The van der Waals surface area contributed by atoms with E-state index in [4.69, 9.17) is 0 Å². The molecule has 2 aromatic rings. The van der Waals surface area contributed by atoms with Crippen LogP contribution in [0.4, 0.5) is 5.69 Å². The highest BCUT2D eigenvalue weighted by Crippen LogP contribution is 2.26. The Kier molecular flexibility index (Phi) is 2.66. The average Bonchev–Trinajstić information content (AvgIpc) is 2.82. The van der Waals surface area contributed by atoms with Gasteiger partial charge in [0.2, 0.25) is 0 Å². The van der Waals surface area contributed by atoms with Gasteiger partial charge in [-0.3, -0.25) is 0 Å². The standard InChI is InChI=1S/C14H15NS/c1-2-4-14-12(3-1)5-6-13(15-14)9-11-7-8-16-10-11/h1-4,7-8,10,13,15H,5-6,9H2. The molecule has 0 bridgehead atoms. The number of anilines is 1. The molecule has 1 aromatic carbocycles. The van der Waals surface area contributed by atoms with Gasteiger partial charge in [-0.25, -0.2) is 0 Å². The molecule has 2 heteroatoms. The molecule has 0 saturated heterocycles. The van der Waals surface area contributed by atoms with Gasteiger partial charge in [-0.1, -0.05) is 18.2 Å². The van der Waals surface area contributed by atoms with Crippen molar-refractivity contribution in [2.75, 3.05) is 5.32 Å². The Hall–Kier alpha value is -1.28. The Morgan fingerprint density at radius 2 is 2.19 bits per heavy atom. The van der Waals surface area contributed by atoms with E-state index >= 15 is 0 Å². The molecule has 16 heavy (non-hydrogen) atoms. The highest BCUT2D eigenvalue weighted by Gasteiger charge is 2.17. The van der Waals surface area contributed by atoms with Crippen LogP contribution in [-0.4, -0.2) is 6.04 Å². The molecule has 0 fully saturated rings. The summed E-state index contributed by atoms with van der Waals surface area (Å²) in [6, 6.07) is 11.5. The third kappa shape index (κ3) is 1.98. The molecule has 1 atom stereocenters. The zero-order valence-corrected chi connectivity index (χ0v) is 9.96. The van der Waals surface area contributed by atoms with Gasteiger partial charge < -0.3 is 5.32 Å². The van der Waals surface area contributed by atoms with Gasteiger partial charge in [-0.15, -0.1) is 0 Å². The normalized spacial score (nSPS) is 18.9. The van der Waals surface area contributed by atoms with E-state index in [0.717, 1.165) is 6.42 Å². The minimum atomic E-state index is 0.601. The van der Waals surface area contributed by atoms with Gasteiger partial charge in [-0.2, -0.15) is 11.3 Å². The summed E-state index contributed by atoms with van der Waals surface area (Å²) in [6.07, 6.45) is 3.60. The summed E-state index contributed by atoms with van der Waals surface area (Å²) in [6.45, 7) is 0. The third-order valence-electron chi connectivity index (χ3n) is 3.20. The van der Waals surface area contributed by atoms with Crippen molar-refractivity contribution in [3.8, 4) is 0 Å². The molecule has 1 aliphatic heterocycles. The van der Waals surface area contributed by atoms with E-state index in [0.29, 0.717) is 6.04 Å². The molecule has 0 spiro atoms. The maximum absolute atomic E-state index is 3.64. The van der Waals surface area contributed by atoms with Crippen LogP contribution in [-0.2, 0) is 12.8 Å². The van der Waals surface area contributed by atoms with Gasteiger partial charge >= 0.3 is 0 Å². The quantitative estimate of drug-likeness (QED) is 0.827. The van der Waals surface area contributed by atoms with E-state index in [1.54, 1.807) is 11.3 Å². The number of hydrogen-bond acceptors (Lipinski definition) is 2. The molecule has 3 rings (SSSR count). The smallest absolute Gasteiger partial charge is 0.0374 e. The molecular formula is C14H15NS. The zero-order chi connectivity index (χ0) is 10.8. The van der Waals surface area contributed by atoms with Crippen LogP contribution in [0.25, 0.3) is 0 Å². The first kappa shape index (κ1) is 9.91. The lowest BCUT2D eigenvalue weighted by atomic mass is 9.95. The Labute approximate surface area is 100 Å². The van der Waals surface area contributed by atoms with Crippen LogP contribution < -0.4 is 5.32 Å². The van der Waals surface area contributed by atoms with Gasteiger partial charge in [0.05, 0.1) is 0 Å². The van der Waals surface area contributed by atoms with Crippen LogP contribution in [0.3, 0.4) is 0 Å². The topological polar surface area (TPSA) is 12.0 Å². The van der Waals surface area contributed by atoms with Crippen LogP contribution in [0.5, 0.6) is 0 Å². The average molecular weight is 229 g/mol. The van der Waals surface area contributed by atoms with Crippen molar-refractivity contribution in [3.05, 3.63) is 52.2 Å². The maximum atomic E-state index is 3.64. The molecule has 82 valence electrons. The molecular weight excluding hydrogens is 214 g/mol. The molecule has 0 saturated carbocycles. The predicted octanol–water partition coefficient (Wildman–Crippen LogP) is 3.72. The number of benzene rings is 1. The van der Waals surface area contributed by atoms with Crippen LogP contribution in [0.2, 0.25) is 0 Å². The van der Waals surface area contributed by atoms with E-state index in [9.17, 15) is 0 Å². The Morgan fingerprint density at radius 3 is 3.06 bits per heavy atom.